The van der Waals surface area contributed by atoms with Crippen LogP contribution < -0.4 is 0 Å². The molecule has 0 heterocycles. The molecule has 0 aliphatic heterocycles. The lowest BCUT2D eigenvalue weighted by atomic mass is 10.2. The van der Waals surface area contributed by atoms with Crippen LogP contribution in [-0.4, -0.2) is 8.07 Å². The lowest BCUT2D eigenvalue weighted by Gasteiger charge is -2.31. The summed E-state index contributed by atoms with van der Waals surface area (Å²) in [6.45, 7) is 2.28. The summed E-state index contributed by atoms with van der Waals surface area (Å²) in [7, 11) is -1.62. The van der Waals surface area contributed by atoms with E-state index in [0.29, 0.717) is 0 Å². The van der Waals surface area contributed by atoms with Crippen molar-refractivity contribution < 1.29 is 0 Å². The van der Waals surface area contributed by atoms with Crippen LogP contribution in [0.4, 0.5) is 0 Å². The molecule has 0 nitrogen and oxygen atoms in total. The van der Waals surface area contributed by atoms with E-state index < -0.39 is 8.07 Å². The molecule has 24 heavy (non-hydrogen) atoms. The quantitative estimate of drug-likeness (QED) is 0.499. The average molecular weight is 330 g/mol. The van der Waals surface area contributed by atoms with E-state index in [9.17, 15) is 0 Å². The van der Waals surface area contributed by atoms with Crippen molar-refractivity contribution in [2.45, 2.75) is 25.1 Å². The van der Waals surface area contributed by atoms with Crippen molar-refractivity contribution in [3.63, 3.8) is 0 Å². The number of rotatable bonds is 7. The molecule has 1 heteroatoms. The molecule has 0 amide bonds. The smallest absolute Gasteiger partial charge is 0.0649 e. The Kier molecular flexibility index (Phi) is 5.66. The van der Waals surface area contributed by atoms with E-state index in [4.69, 9.17) is 0 Å². The molecule has 121 valence electrons. The summed E-state index contributed by atoms with van der Waals surface area (Å²) in [5.41, 5.74) is 4.40. The molecule has 0 N–H and O–H groups in total. The van der Waals surface area contributed by atoms with Gasteiger partial charge >= 0.3 is 0 Å². The molecular weight excluding hydrogens is 304 g/mol. The van der Waals surface area contributed by atoms with Crippen LogP contribution in [-0.2, 0) is 18.1 Å². The van der Waals surface area contributed by atoms with Crippen LogP contribution in [0.2, 0.25) is 0 Å². The van der Waals surface area contributed by atoms with Crippen LogP contribution in [0.1, 0.15) is 23.6 Å². The SMILES string of the molecule is C[CH][Si](Cc1ccccc1)(Cc1ccccc1)Cc1ccccc1. The van der Waals surface area contributed by atoms with Crippen molar-refractivity contribution in [1.82, 2.24) is 0 Å². The van der Waals surface area contributed by atoms with Crippen LogP contribution in [0, 0.1) is 6.04 Å². The van der Waals surface area contributed by atoms with Gasteiger partial charge in [0, 0.05) is 0 Å². The minimum atomic E-state index is -1.62. The van der Waals surface area contributed by atoms with E-state index in [2.05, 4.69) is 104 Å². The van der Waals surface area contributed by atoms with E-state index in [-0.39, 0.29) is 0 Å². The molecule has 0 fully saturated rings. The summed E-state index contributed by atoms with van der Waals surface area (Å²) in [4.78, 5) is 0. The van der Waals surface area contributed by atoms with Crippen LogP contribution in [0.5, 0.6) is 0 Å². The summed E-state index contributed by atoms with van der Waals surface area (Å²) in [6, 6.07) is 39.1. The second kappa shape index (κ2) is 8.12. The predicted octanol–water partition coefficient (Wildman–Crippen LogP) is 5.54. The molecule has 0 bridgehead atoms. The van der Waals surface area contributed by atoms with Gasteiger partial charge in [-0.25, -0.2) is 0 Å². The van der Waals surface area contributed by atoms with E-state index in [1.807, 2.05) is 0 Å². The van der Waals surface area contributed by atoms with Gasteiger partial charge in [0.1, 0.15) is 0 Å². The van der Waals surface area contributed by atoms with Crippen molar-refractivity contribution in [2.75, 3.05) is 0 Å². The Bertz CT molecular complexity index is 618. The molecular formula is C23H25Si. The first-order chi connectivity index (χ1) is 11.8. The molecule has 0 aliphatic carbocycles. The highest BCUT2D eigenvalue weighted by Crippen LogP contribution is 2.24. The summed E-state index contributed by atoms with van der Waals surface area (Å²) < 4.78 is 0. The van der Waals surface area contributed by atoms with Gasteiger partial charge < -0.3 is 0 Å². The van der Waals surface area contributed by atoms with Crippen molar-refractivity contribution >= 4 is 8.07 Å². The Hall–Kier alpha value is -2.12. The zero-order valence-electron chi connectivity index (χ0n) is 14.4. The molecule has 3 rings (SSSR count). The third-order valence-corrected chi connectivity index (χ3v) is 9.37. The van der Waals surface area contributed by atoms with Gasteiger partial charge in [-0.15, -0.1) is 0 Å². The summed E-state index contributed by atoms with van der Waals surface area (Å²) in [6.07, 6.45) is 0. The van der Waals surface area contributed by atoms with Gasteiger partial charge in [0.05, 0.1) is 8.07 Å². The van der Waals surface area contributed by atoms with E-state index in [0.717, 1.165) is 0 Å². The topological polar surface area (TPSA) is 0 Å². The van der Waals surface area contributed by atoms with E-state index in [1.165, 1.54) is 34.8 Å². The molecule has 3 aromatic rings. The van der Waals surface area contributed by atoms with Gasteiger partial charge in [-0.2, -0.15) is 0 Å². The Morgan fingerprint density at radius 1 is 0.542 bits per heavy atom. The minimum absolute atomic E-state index is 1.20. The Morgan fingerprint density at radius 2 is 0.833 bits per heavy atom. The van der Waals surface area contributed by atoms with Gasteiger partial charge in [0.25, 0.3) is 0 Å². The third kappa shape index (κ3) is 4.45. The zero-order valence-corrected chi connectivity index (χ0v) is 15.4. The molecule has 0 unspecified atom stereocenters. The Morgan fingerprint density at radius 3 is 1.08 bits per heavy atom. The van der Waals surface area contributed by atoms with E-state index >= 15 is 0 Å². The lowest BCUT2D eigenvalue weighted by molar-refractivity contribution is 1.12. The highest BCUT2D eigenvalue weighted by molar-refractivity contribution is 6.81. The Balaban J connectivity index is 1.91. The van der Waals surface area contributed by atoms with Gasteiger partial charge in [0.15, 0.2) is 0 Å². The van der Waals surface area contributed by atoms with Crippen molar-refractivity contribution in [3.05, 3.63) is 114 Å². The van der Waals surface area contributed by atoms with Crippen LogP contribution in [0.3, 0.4) is 0 Å². The largest absolute Gasteiger partial charge is 0.0694 e. The zero-order chi connectivity index (χ0) is 16.7. The van der Waals surface area contributed by atoms with Gasteiger partial charge in [-0.05, 0) is 24.2 Å². The van der Waals surface area contributed by atoms with Gasteiger partial charge in [0.2, 0.25) is 0 Å². The molecule has 0 spiro atoms. The van der Waals surface area contributed by atoms with Crippen LogP contribution >= 0.6 is 0 Å². The molecule has 0 saturated carbocycles. The second-order valence-electron chi connectivity index (χ2n) is 6.64. The first-order valence-corrected chi connectivity index (χ1v) is 11.4. The fourth-order valence-electron chi connectivity index (χ4n) is 3.50. The lowest BCUT2D eigenvalue weighted by Crippen LogP contribution is -2.44. The highest BCUT2D eigenvalue weighted by atomic mass is 28.3. The predicted molar refractivity (Wildman–Crippen MR) is 106 cm³/mol. The fraction of sp³-hybridized carbons (Fsp3) is 0.174. The molecule has 0 aromatic heterocycles. The minimum Gasteiger partial charge on any atom is -0.0649 e. The van der Waals surface area contributed by atoms with Gasteiger partial charge in [-0.1, -0.05) is 115 Å². The van der Waals surface area contributed by atoms with Crippen molar-refractivity contribution in [1.29, 1.82) is 0 Å². The average Bonchev–Trinajstić information content (AvgIpc) is 2.64. The number of hydrogen-bond donors (Lipinski definition) is 0. The standard InChI is InChI=1S/C23H25Si/c1-2-24(18-21-12-6-3-7-13-21,19-22-14-8-4-9-15-22)20-23-16-10-5-11-17-23/h2-17H,18-20H2,1H3. The maximum Gasteiger partial charge on any atom is 0.0694 e. The normalized spacial score (nSPS) is 11.4. The summed E-state index contributed by atoms with van der Waals surface area (Å²) in [5, 5.41) is 0. The first kappa shape index (κ1) is 16.7. The second-order valence-corrected chi connectivity index (χ2v) is 11.0. The van der Waals surface area contributed by atoms with Crippen molar-refractivity contribution in [3.8, 4) is 0 Å². The molecule has 1 radical (unpaired) electrons. The third-order valence-electron chi connectivity index (χ3n) is 4.81. The maximum absolute atomic E-state index is 2.56. The Labute approximate surface area is 147 Å². The fourth-order valence-corrected chi connectivity index (χ4v) is 7.63. The number of benzene rings is 3. The van der Waals surface area contributed by atoms with Crippen LogP contribution in [0.15, 0.2) is 91.0 Å². The van der Waals surface area contributed by atoms with Gasteiger partial charge in [-0.3, -0.25) is 0 Å². The monoisotopic (exact) mass is 329 g/mol. The maximum atomic E-state index is 2.56. The first-order valence-electron chi connectivity index (χ1n) is 8.72. The molecule has 3 aromatic carbocycles. The van der Waals surface area contributed by atoms with Crippen LogP contribution in [0.25, 0.3) is 0 Å². The molecule has 0 aliphatic rings. The molecule has 0 atom stereocenters. The number of hydrogen-bond acceptors (Lipinski definition) is 0. The highest BCUT2D eigenvalue weighted by Gasteiger charge is 2.32. The summed E-state index contributed by atoms with van der Waals surface area (Å²) >= 11 is 0. The molecule has 0 saturated heterocycles. The van der Waals surface area contributed by atoms with E-state index in [1.54, 1.807) is 0 Å². The van der Waals surface area contributed by atoms with Crippen molar-refractivity contribution in [2.24, 2.45) is 0 Å². The summed E-state index contributed by atoms with van der Waals surface area (Å²) in [5.74, 6) is 0.